The van der Waals surface area contributed by atoms with Gasteiger partial charge in [-0.25, -0.2) is 14.4 Å². The maximum Gasteiger partial charge on any atom is 0.374 e. The van der Waals surface area contributed by atoms with Crippen LogP contribution in [0.2, 0.25) is 0 Å². The first-order valence-electron chi connectivity index (χ1n) is 15.0. The van der Waals surface area contributed by atoms with Crippen LogP contribution in [0.4, 0.5) is 0 Å². The van der Waals surface area contributed by atoms with Crippen LogP contribution in [0.3, 0.4) is 0 Å². The maximum absolute atomic E-state index is 13.6. The Bertz CT molecular complexity index is 1560. The Balaban J connectivity index is 1.51. The maximum atomic E-state index is 13.6. The smallest absolute Gasteiger partial charge is 0.374 e. The van der Waals surface area contributed by atoms with Gasteiger partial charge in [0.05, 0.1) is 34.7 Å². The zero-order valence-corrected chi connectivity index (χ0v) is 25.7. The van der Waals surface area contributed by atoms with Crippen molar-refractivity contribution in [2.45, 2.75) is 83.1 Å². The number of hydrogen-bond donors (Lipinski definition) is 0. The number of fused-ring (bicyclic) bond motifs is 1. The van der Waals surface area contributed by atoms with Gasteiger partial charge in [-0.15, -0.1) is 0 Å². The van der Waals surface area contributed by atoms with E-state index < -0.39 is 76.7 Å². The molecule has 238 valence electrons. The van der Waals surface area contributed by atoms with E-state index in [1.807, 2.05) is 20.8 Å². The average molecular weight is 621 g/mol. The quantitative estimate of drug-likeness (QED) is 0.248. The number of hydrogen-bond acceptors (Lipinski definition) is 11. The SMILES string of the molecule is CC(=O)OC1CC(C)C23OC(C)(C)C(CC(OC(=O)c4ccccc4)C2(C)C1OC(=O)c1ccoc1)C3OC(=O)c1ccco1. The first-order valence-corrected chi connectivity index (χ1v) is 15.0. The van der Waals surface area contributed by atoms with Crippen LogP contribution in [-0.4, -0.2) is 59.5 Å². The lowest BCUT2D eigenvalue weighted by atomic mass is 9.48. The lowest BCUT2D eigenvalue weighted by molar-refractivity contribution is -0.299. The van der Waals surface area contributed by atoms with Crippen molar-refractivity contribution in [3.63, 3.8) is 0 Å². The molecule has 8 atom stereocenters. The molecule has 11 nitrogen and oxygen atoms in total. The van der Waals surface area contributed by atoms with Gasteiger partial charge in [0, 0.05) is 12.8 Å². The Morgan fingerprint density at radius 1 is 0.778 bits per heavy atom. The number of furan rings is 2. The summed E-state index contributed by atoms with van der Waals surface area (Å²) in [7, 11) is 0. The van der Waals surface area contributed by atoms with Crippen molar-refractivity contribution in [1.29, 1.82) is 0 Å². The van der Waals surface area contributed by atoms with Crippen LogP contribution < -0.4 is 0 Å². The van der Waals surface area contributed by atoms with E-state index in [0.29, 0.717) is 5.56 Å². The molecule has 3 fully saturated rings. The minimum Gasteiger partial charge on any atom is -0.472 e. The van der Waals surface area contributed by atoms with Crippen LogP contribution in [0, 0.1) is 17.3 Å². The minimum atomic E-state index is -1.40. The molecule has 0 amide bonds. The Labute approximate surface area is 260 Å². The molecule has 2 saturated carbocycles. The molecular weight excluding hydrogens is 584 g/mol. The summed E-state index contributed by atoms with van der Waals surface area (Å²) < 4.78 is 42.1. The number of esters is 4. The van der Waals surface area contributed by atoms with Gasteiger partial charge in [0.25, 0.3) is 0 Å². The van der Waals surface area contributed by atoms with Gasteiger partial charge >= 0.3 is 23.9 Å². The third-order valence-electron chi connectivity index (χ3n) is 9.86. The van der Waals surface area contributed by atoms with Gasteiger partial charge in [-0.1, -0.05) is 25.1 Å². The van der Waals surface area contributed by atoms with Crippen molar-refractivity contribution in [2.75, 3.05) is 0 Å². The summed E-state index contributed by atoms with van der Waals surface area (Å²) in [6, 6.07) is 13.1. The summed E-state index contributed by atoms with van der Waals surface area (Å²) >= 11 is 0. The zero-order chi connectivity index (χ0) is 32.1. The molecule has 1 saturated heterocycles. The molecule has 1 aliphatic heterocycles. The topological polar surface area (TPSA) is 141 Å². The third kappa shape index (κ3) is 4.93. The van der Waals surface area contributed by atoms with Gasteiger partial charge in [0.15, 0.2) is 6.10 Å². The van der Waals surface area contributed by atoms with Crippen LogP contribution >= 0.6 is 0 Å². The number of benzene rings is 1. The molecule has 2 bridgehead atoms. The molecule has 11 heteroatoms. The fraction of sp³-hybridized carbons (Fsp3) is 0.471. The molecule has 3 aliphatic rings. The van der Waals surface area contributed by atoms with E-state index in [1.165, 1.54) is 37.8 Å². The highest BCUT2D eigenvalue weighted by molar-refractivity contribution is 5.90. The molecule has 8 unspecified atom stereocenters. The Morgan fingerprint density at radius 2 is 1.49 bits per heavy atom. The molecule has 3 aromatic rings. The number of carbonyl (C=O) groups excluding carboxylic acids is 4. The molecule has 3 heterocycles. The van der Waals surface area contributed by atoms with Crippen molar-refractivity contribution in [3.05, 3.63) is 84.2 Å². The Kier molecular flexibility index (Phi) is 7.63. The monoisotopic (exact) mass is 620 g/mol. The van der Waals surface area contributed by atoms with Crippen LogP contribution in [0.25, 0.3) is 0 Å². The number of rotatable bonds is 7. The lowest BCUT2D eigenvalue weighted by Crippen LogP contribution is -2.76. The summed E-state index contributed by atoms with van der Waals surface area (Å²) in [4.78, 5) is 53.0. The van der Waals surface area contributed by atoms with Gasteiger partial charge in [-0.05, 0) is 69.9 Å². The Morgan fingerprint density at radius 3 is 2.13 bits per heavy atom. The van der Waals surface area contributed by atoms with E-state index >= 15 is 0 Å². The first-order chi connectivity index (χ1) is 21.4. The van der Waals surface area contributed by atoms with E-state index in [-0.39, 0.29) is 24.2 Å². The highest BCUT2D eigenvalue weighted by Gasteiger charge is 2.80. The largest absolute Gasteiger partial charge is 0.472 e. The fourth-order valence-electron chi connectivity index (χ4n) is 7.90. The fourth-order valence-corrected chi connectivity index (χ4v) is 7.90. The number of carbonyl (C=O) groups is 4. The second-order valence-electron chi connectivity index (χ2n) is 12.8. The van der Waals surface area contributed by atoms with Crippen LogP contribution in [0.5, 0.6) is 0 Å². The van der Waals surface area contributed by atoms with Crippen molar-refractivity contribution in [3.8, 4) is 0 Å². The normalized spacial score (nSPS) is 33.0. The Hall–Kier alpha value is -4.38. The van der Waals surface area contributed by atoms with Crippen molar-refractivity contribution >= 4 is 23.9 Å². The molecule has 0 N–H and O–H groups in total. The van der Waals surface area contributed by atoms with Crippen LogP contribution in [-0.2, 0) is 28.5 Å². The molecule has 2 aromatic heterocycles. The van der Waals surface area contributed by atoms with Gasteiger partial charge in [-0.3, -0.25) is 4.79 Å². The van der Waals surface area contributed by atoms with E-state index in [4.69, 9.17) is 32.5 Å². The first kappa shape index (κ1) is 30.6. The summed E-state index contributed by atoms with van der Waals surface area (Å²) in [5.74, 6) is -3.42. The summed E-state index contributed by atoms with van der Waals surface area (Å²) in [6.07, 6.45) is 0.457. The number of ether oxygens (including phenoxy) is 5. The van der Waals surface area contributed by atoms with E-state index in [0.717, 1.165) is 0 Å². The van der Waals surface area contributed by atoms with Crippen molar-refractivity contribution in [2.24, 2.45) is 17.3 Å². The third-order valence-corrected chi connectivity index (χ3v) is 9.86. The van der Waals surface area contributed by atoms with Gasteiger partial charge in [-0.2, -0.15) is 0 Å². The highest BCUT2D eigenvalue weighted by atomic mass is 16.6. The van der Waals surface area contributed by atoms with Gasteiger partial charge < -0.3 is 32.5 Å². The van der Waals surface area contributed by atoms with Crippen LogP contribution in [0.1, 0.15) is 78.7 Å². The second kappa shape index (κ2) is 11.2. The predicted octanol–water partition coefficient (Wildman–Crippen LogP) is 5.39. The molecule has 2 aliphatic carbocycles. The molecule has 1 spiro atoms. The minimum absolute atomic E-state index is 0.0205. The zero-order valence-electron chi connectivity index (χ0n) is 25.7. The molecule has 0 radical (unpaired) electrons. The summed E-state index contributed by atoms with van der Waals surface area (Å²) in [6.45, 7) is 8.79. The molecular formula is C34H36O11. The van der Waals surface area contributed by atoms with Crippen molar-refractivity contribution in [1.82, 2.24) is 0 Å². The average Bonchev–Trinajstić information content (AvgIpc) is 3.75. The summed E-state index contributed by atoms with van der Waals surface area (Å²) in [5.41, 5.74) is -3.15. The van der Waals surface area contributed by atoms with E-state index in [9.17, 15) is 19.2 Å². The van der Waals surface area contributed by atoms with Gasteiger partial charge in [0.1, 0.15) is 30.2 Å². The molecule has 1 aromatic carbocycles. The summed E-state index contributed by atoms with van der Waals surface area (Å²) in [5, 5.41) is 0. The van der Waals surface area contributed by atoms with E-state index in [2.05, 4.69) is 0 Å². The lowest BCUT2D eigenvalue weighted by Gasteiger charge is -2.62. The highest BCUT2D eigenvalue weighted by Crippen LogP contribution is 2.68. The predicted molar refractivity (Wildman–Crippen MR) is 155 cm³/mol. The molecule has 45 heavy (non-hydrogen) atoms. The van der Waals surface area contributed by atoms with Crippen molar-refractivity contribution < 1.29 is 51.7 Å². The van der Waals surface area contributed by atoms with E-state index in [1.54, 1.807) is 43.3 Å². The van der Waals surface area contributed by atoms with Crippen LogP contribution in [0.15, 0.2) is 76.2 Å². The second-order valence-corrected chi connectivity index (χ2v) is 12.8. The standard InChI is InChI=1S/C34H36O11/c1-19-16-25(41-20(2)35)28(44-30(37)22-13-15-39-18-22)33(5)26(42-29(36)21-10-7-6-8-11-21)17-23-27(34(19,33)45-32(23,3)4)43-31(38)24-12-9-14-40-24/h6-15,18-19,23,25-28H,16-17H2,1-5H3. The van der Waals surface area contributed by atoms with Gasteiger partial charge in [0.2, 0.25) is 5.76 Å². The molecule has 6 rings (SSSR count).